The van der Waals surface area contributed by atoms with E-state index in [2.05, 4.69) is 37.0 Å². The second kappa shape index (κ2) is 10.9. The van der Waals surface area contributed by atoms with Crippen LogP contribution in [0, 0.1) is 5.82 Å². The smallest absolute Gasteiger partial charge is 0.205 e. The Labute approximate surface area is 215 Å². The molecular weight excluding hydrogens is 469 g/mol. The third-order valence-electron chi connectivity index (χ3n) is 6.77. The van der Waals surface area contributed by atoms with E-state index in [0.29, 0.717) is 12.4 Å². The quantitative estimate of drug-likeness (QED) is 0.264. The Hall–Kier alpha value is -4.11. The molecule has 1 N–H and O–H groups in total. The van der Waals surface area contributed by atoms with E-state index in [1.807, 2.05) is 49.5 Å². The van der Waals surface area contributed by atoms with Gasteiger partial charge in [0.15, 0.2) is 0 Å². The maximum Gasteiger partial charge on any atom is 0.205 e. The van der Waals surface area contributed by atoms with E-state index >= 15 is 0 Å². The number of nitrogens with one attached hydrogen (secondary N) is 1. The summed E-state index contributed by atoms with van der Waals surface area (Å²) in [5.74, 6) is 0.424. The zero-order valence-corrected chi connectivity index (χ0v) is 21.1. The van der Waals surface area contributed by atoms with Crippen LogP contribution in [-0.2, 0) is 11.3 Å². The summed E-state index contributed by atoms with van der Waals surface area (Å²) in [6, 6.07) is 13.0. The summed E-state index contributed by atoms with van der Waals surface area (Å²) >= 11 is 0. The fraction of sp³-hybridized carbons (Fsp3) is 0.286. The van der Waals surface area contributed by atoms with Gasteiger partial charge in [0.2, 0.25) is 5.88 Å². The molecule has 0 bridgehead atoms. The molecule has 2 aromatic carbocycles. The maximum atomic E-state index is 14.2. The first-order chi connectivity index (χ1) is 18.1. The van der Waals surface area contributed by atoms with Crippen molar-refractivity contribution in [2.24, 2.45) is 4.99 Å². The number of aromatic nitrogens is 5. The molecule has 190 valence electrons. The van der Waals surface area contributed by atoms with Gasteiger partial charge in [0, 0.05) is 41.7 Å². The normalized spacial score (nSPS) is 17.1. The highest BCUT2D eigenvalue weighted by Gasteiger charge is 2.24. The molecule has 1 aliphatic heterocycles. The molecule has 1 atom stereocenters. The molecule has 0 radical (unpaired) electrons. The van der Waals surface area contributed by atoms with Crippen LogP contribution >= 0.6 is 0 Å². The van der Waals surface area contributed by atoms with Gasteiger partial charge in [-0.25, -0.2) is 14.1 Å². The van der Waals surface area contributed by atoms with Crippen molar-refractivity contribution < 1.29 is 9.13 Å². The monoisotopic (exact) mass is 499 g/mol. The minimum atomic E-state index is -0.152. The van der Waals surface area contributed by atoms with E-state index in [0.717, 1.165) is 65.0 Å². The van der Waals surface area contributed by atoms with Gasteiger partial charge in [0.1, 0.15) is 11.5 Å². The lowest BCUT2D eigenvalue weighted by molar-refractivity contribution is 0.196. The minimum absolute atomic E-state index is 0.152. The minimum Gasteiger partial charge on any atom is -0.481 e. The summed E-state index contributed by atoms with van der Waals surface area (Å²) in [5.41, 5.74) is 5.11. The summed E-state index contributed by atoms with van der Waals surface area (Å²) in [6.07, 6.45) is 7.71. The van der Waals surface area contributed by atoms with Gasteiger partial charge in [-0.2, -0.15) is 5.10 Å². The number of halogens is 1. The number of H-pyrrole nitrogens is 1. The van der Waals surface area contributed by atoms with Gasteiger partial charge in [0.05, 0.1) is 30.2 Å². The van der Waals surface area contributed by atoms with E-state index in [4.69, 9.17) is 4.74 Å². The zero-order valence-electron chi connectivity index (χ0n) is 21.1. The standard InChI is InChI=1S/C28H30FN7O/c1-4-20(15-30-19(2)37-3)28-24-14-23(11-12-26(24)31-33-28)36-18-27(32-34-36)22-9-7-13-35(17-22)16-21-8-5-6-10-25(21)29/h4-6,8,10-12,14-15,18,22H,2,7,9,13,16-17H2,1,3H3,(H,31,33)/b20-4+,30-15-/t22-/m1/s1. The van der Waals surface area contributed by atoms with Gasteiger partial charge in [-0.1, -0.05) is 29.5 Å². The fourth-order valence-corrected chi connectivity index (χ4v) is 4.73. The van der Waals surface area contributed by atoms with Crippen LogP contribution in [0.25, 0.3) is 22.2 Å². The number of fused-ring (bicyclic) bond motifs is 1. The number of hydrogen-bond donors (Lipinski definition) is 1. The molecule has 37 heavy (non-hydrogen) atoms. The molecule has 1 saturated heterocycles. The number of aliphatic imine (C=N–C) groups is 1. The highest BCUT2D eigenvalue weighted by atomic mass is 19.1. The van der Waals surface area contributed by atoms with E-state index in [-0.39, 0.29) is 11.7 Å². The van der Waals surface area contributed by atoms with Gasteiger partial charge in [0.25, 0.3) is 0 Å². The van der Waals surface area contributed by atoms with E-state index in [1.165, 1.54) is 13.2 Å². The van der Waals surface area contributed by atoms with Crippen LogP contribution in [-0.4, -0.2) is 56.5 Å². The number of hydrogen-bond acceptors (Lipinski definition) is 6. The number of rotatable bonds is 8. The van der Waals surface area contributed by atoms with Gasteiger partial charge in [-0.05, 0) is 57.2 Å². The Balaban J connectivity index is 1.35. The maximum absolute atomic E-state index is 14.2. The highest BCUT2D eigenvalue weighted by molar-refractivity contribution is 6.13. The lowest BCUT2D eigenvalue weighted by atomic mass is 9.95. The topological polar surface area (TPSA) is 84.2 Å². The van der Waals surface area contributed by atoms with E-state index < -0.39 is 0 Å². The average Bonchev–Trinajstić information content (AvgIpc) is 3.58. The van der Waals surface area contributed by atoms with Crippen LogP contribution in [0.1, 0.15) is 42.6 Å². The molecule has 1 aliphatic rings. The van der Waals surface area contributed by atoms with Crippen molar-refractivity contribution in [2.75, 3.05) is 20.2 Å². The molecule has 8 nitrogen and oxygen atoms in total. The van der Waals surface area contributed by atoms with Crippen LogP contribution in [0.15, 0.2) is 72.2 Å². The predicted octanol–water partition coefficient (Wildman–Crippen LogP) is 5.25. The van der Waals surface area contributed by atoms with Crippen molar-refractivity contribution in [3.05, 3.63) is 90.0 Å². The number of methoxy groups -OCH3 is 1. The molecule has 5 rings (SSSR count). The SMILES string of the molecule is C=C(/N=C\C(=C/C)c1n[nH]c2ccc(-n3cc([C@@H]4CCCN(Cc5ccccc5F)C4)nn3)cc12)OC. The van der Waals surface area contributed by atoms with Crippen molar-refractivity contribution >= 4 is 22.7 Å². The Morgan fingerprint density at radius 2 is 2.16 bits per heavy atom. The molecule has 9 heteroatoms. The molecule has 0 spiro atoms. The first-order valence-corrected chi connectivity index (χ1v) is 12.4. The molecule has 2 aromatic heterocycles. The summed E-state index contributed by atoms with van der Waals surface area (Å²) in [4.78, 5) is 6.53. The molecule has 0 amide bonds. The summed E-state index contributed by atoms with van der Waals surface area (Å²) in [6.45, 7) is 8.05. The predicted molar refractivity (Wildman–Crippen MR) is 143 cm³/mol. The van der Waals surface area contributed by atoms with Gasteiger partial charge in [-0.3, -0.25) is 10.00 Å². The second-order valence-electron chi connectivity index (χ2n) is 9.16. The molecule has 0 unspecified atom stereocenters. The molecule has 0 aliphatic carbocycles. The number of aromatic amines is 1. The third kappa shape index (κ3) is 5.36. The fourth-order valence-electron chi connectivity index (χ4n) is 4.73. The van der Waals surface area contributed by atoms with Crippen LogP contribution in [0.5, 0.6) is 0 Å². The van der Waals surface area contributed by atoms with Crippen LogP contribution in [0.4, 0.5) is 4.39 Å². The van der Waals surface area contributed by atoms with Gasteiger partial charge in [-0.15, -0.1) is 5.10 Å². The van der Waals surface area contributed by atoms with Crippen LogP contribution in [0.2, 0.25) is 0 Å². The molecule has 4 aromatic rings. The molecule has 1 fully saturated rings. The number of ether oxygens (including phenoxy) is 1. The van der Waals surface area contributed by atoms with Crippen molar-refractivity contribution in [3.8, 4) is 5.69 Å². The average molecular weight is 500 g/mol. The van der Waals surface area contributed by atoms with Crippen molar-refractivity contribution in [3.63, 3.8) is 0 Å². The van der Waals surface area contributed by atoms with Gasteiger partial charge < -0.3 is 4.74 Å². The first-order valence-electron chi connectivity index (χ1n) is 12.4. The summed E-state index contributed by atoms with van der Waals surface area (Å²) < 4.78 is 21.0. The Bertz CT molecular complexity index is 1470. The first kappa shape index (κ1) is 24.6. The summed E-state index contributed by atoms with van der Waals surface area (Å²) in [7, 11) is 1.53. The van der Waals surface area contributed by atoms with E-state index in [1.54, 1.807) is 17.0 Å². The highest BCUT2D eigenvalue weighted by Crippen LogP contribution is 2.28. The number of benzene rings is 2. The van der Waals surface area contributed by atoms with Crippen LogP contribution in [0.3, 0.4) is 0 Å². The lowest BCUT2D eigenvalue weighted by Crippen LogP contribution is -2.34. The molecule has 0 saturated carbocycles. The van der Waals surface area contributed by atoms with E-state index in [9.17, 15) is 4.39 Å². The molecular formula is C28H30FN7O. The van der Waals surface area contributed by atoms with Crippen molar-refractivity contribution in [1.82, 2.24) is 30.1 Å². The number of nitrogens with zero attached hydrogens (tertiary/aromatic N) is 6. The Morgan fingerprint density at radius 3 is 2.97 bits per heavy atom. The number of likely N-dealkylation sites (tertiary alicyclic amines) is 1. The number of allylic oxidation sites excluding steroid dienone is 2. The molecule has 3 heterocycles. The van der Waals surface area contributed by atoms with Crippen molar-refractivity contribution in [1.29, 1.82) is 0 Å². The van der Waals surface area contributed by atoms with Crippen molar-refractivity contribution in [2.45, 2.75) is 32.2 Å². The van der Waals surface area contributed by atoms with Gasteiger partial charge >= 0.3 is 0 Å². The summed E-state index contributed by atoms with van der Waals surface area (Å²) in [5, 5.41) is 17.5. The number of piperidine rings is 1. The zero-order chi connectivity index (χ0) is 25.8. The third-order valence-corrected chi connectivity index (χ3v) is 6.77. The largest absolute Gasteiger partial charge is 0.481 e. The second-order valence-corrected chi connectivity index (χ2v) is 9.16. The Morgan fingerprint density at radius 1 is 1.30 bits per heavy atom. The Kier molecular flexibility index (Phi) is 7.23. The van der Waals surface area contributed by atoms with Crippen LogP contribution < -0.4 is 0 Å². The lowest BCUT2D eigenvalue weighted by Gasteiger charge is -2.31.